The highest BCUT2D eigenvalue weighted by Crippen LogP contribution is 2.28. The van der Waals surface area contributed by atoms with E-state index < -0.39 is 0 Å². The third-order valence-corrected chi connectivity index (χ3v) is 4.46. The zero-order chi connectivity index (χ0) is 19.9. The molecule has 0 aliphatic carbocycles. The second kappa shape index (κ2) is 9.14. The van der Waals surface area contributed by atoms with Crippen molar-refractivity contribution in [2.45, 2.75) is 6.42 Å². The summed E-state index contributed by atoms with van der Waals surface area (Å²) in [5.74, 6) is 0.00799. The van der Waals surface area contributed by atoms with Crippen LogP contribution in [0.5, 0.6) is 5.75 Å². The molecule has 6 nitrogen and oxygen atoms in total. The minimum Gasteiger partial charge on any atom is -0.494 e. The van der Waals surface area contributed by atoms with E-state index in [1.165, 1.54) is 13.3 Å². The number of amides is 2. The highest BCUT2D eigenvalue weighted by Gasteiger charge is 2.12. The highest BCUT2D eigenvalue weighted by atomic mass is 79.9. The number of anilines is 2. The number of nitrogens with one attached hydrogen (secondary N) is 2. The molecule has 0 saturated heterocycles. The molecule has 3 rings (SSSR count). The monoisotopic (exact) mass is 439 g/mol. The molecule has 0 bridgehead atoms. The summed E-state index contributed by atoms with van der Waals surface area (Å²) >= 11 is 3.37. The molecule has 1 aromatic heterocycles. The van der Waals surface area contributed by atoms with Crippen molar-refractivity contribution in [1.82, 2.24) is 4.98 Å². The van der Waals surface area contributed by atoms with Crippen LogP contribution in [0.25, 0.3) is 0 Å². The number of halogens is 1. The van der Waals surface area contributed by atoms with E-state index in [0.717, 1.165) is 10.0 Å². The maximum absolute atomic E-state index is 12.3. The van der Waals surface area contributed by atoms with Crippen LogP contribution in [0, 0.1) is 0 Å². The molecular weight excluding hydrogens is 422 g/mol. The van der Waals surface area contributed by atoms with Gasteiger partial charge < -0.3 is 15.4 Å². The fraction of sp³-hybridized carbons (Fsp3) is 0.0952. The number of aromatic nitrogens is 1. The van der Waals surface area contributed by atoms with E-state index in [2.05, 4.69) is 31.5 Å². The fourth-order valence-electron chi connectivity index (χ4n) is 2.56. The van der Waals surface area contributed by atoms with Gasteiger partial charge in [-0.3, -0.25) is 14.6 Å². The molecule has 2 aromatic carbocycles. The van der Waals surface area contributed by atoms with Gasteiger partial charge >= 0.3 is 0 Å². The number of hydrogen-bond acceptors (Lipinski definition) is 4. The lowest BCUT2D eigenvalue weighted by Gasteiger charge is -2.13. The average Bonchev–Trinajstić information content (AvgIpc) is 2.71. The molecule has 0 fully saturated rings. The Morgan fingerprint density at radius 3 is 2.54 bits per heavy atom. The Hall–Kier alpha value is -3.19. The molecule has 0 aliphatic heterocycles. The van der Waals surface area contributed by atoms with Crippen molar-refractivity contribution >= 4 is 39.1 Å². The summed E-state index contributed by atoms with van der Waals surface area (Å²) in [5.41, 5.74) is 2.44. The van der Waals surface area contributed by atoms with E-state index in [0.29, 0.717) is 22.7 Å². The number of carbonyl (C=O) groups is 2. The summed E-state index contributed by atoms with van der Waals surface area (Å²) in [6.07, 6.45) is 3.34. The number of rotatable bonds is 6. The lowest BCUT2D eigenvalue weighted by molar-refractivity contribution is -0.115. The topological polar surface area (TPSA) is 80.3 Å². The Kier molecular flexibility index (Phi) is 6.39. The van der Waals surface area contributed by atoms with Crippen molar-refractivity contribution in [2.75, 3.05) is 17.7 Å². The highest BCUT2D eigenvalue weighted by molar-refractivity contribution is 9.10. The molecule has 0 aliphatic rings. The van der Waals surface area contributed by atoms with Gasteiger partial charge in [0.05, 0.1) is 24.8 Å². The second-order valence-electron chi connectivity index (χ2n) is 5.96. The van der Waals surface area contributed by atoms with Crippen molar-refractivity contribution in [1.29, 1.82) is 0 Å². The van der Waals surface area contributed by atoms with Gasteiger partial charge in [-0.2, -0.15) is 0 Å². The number of nitrogens with zero attached hydrogens (tertiary/aromatic N) is 1. The van der Waals surface area contributed by atoms with Crippen LogP contribution in [-0.2, 0) is 11.2 Å². The molecule has 2 N–H and O–H groups in total. The van der Waals surface area contributed by atoms with Crippen LogP contribution in [-0.4, -0.2) is 23.9 Å². The molecular formula is C21H18BrN3O3. The second-order valence-corrected chi connectivity index (χ2v) is 6.88. The van der Waals surface area contributed by atoms with E-state index in [9.17, 15) is 9.59 Å². The third kappa shape index (κ3) is 5.17. The first-order valence-corrected chi connectivity index (χ1v) is 9.28. The smallest absolute Gasteiger partial charge is 0.257 e. The summed E-state index contributed by atoms with van der Waals surface area (Å²) in [7, 11) is 1.50. The lowest BCUT2D eigenvalue weighted by Crippen LogP contribution is -2.15. The first-order chi connectivity index (χ1) is 13.5. The Balaban J connectivity index is 1.67. The predicted octanol–water partition coefficient (Wildman–Crippen LogP) is 4.29. The van der Waals surface area contributed by atoms with Crippen LogP contribution in [0.4, 0.5) is 11.4 Å². The van der Waals surface area contributed by atoms with Gasteiger partial charge in [-0.1, -0.05) is 28.1 Å². The molecule has 3 aromatic rings. The first kappa shape index (κ1) is 19.6. The maximum atomic E-state index is 12.3. The molecule has 0 atom stereocenters. The molecule has 142 valence electrons. The lowest BCUT2D eigenvalue weighted by atomic mass is 10.1. The van der Waals surface area contributed by atoms with E-state index in [4.69, 9.17) is 4.74 Å². The summed E-state index contributed by atoms with van der Waals surface area (Å²) < 4.78 is 6.31. The third-order valence-electron chi connectivity index (χ3n) is 3.94. The Morgan fingerprint density at radius 1 is 1.07 bits per heavy atom. The molecule has 0 spiro atoms. The summed E-state index contributed by atoms with van der Waals surface area (Å²) in [5, 5.41) is 5.62. The standard InChI is InChI=1S/C21H18BrN3O3/c1-28-19-12-17(24-20(26)11-14-4-6-16(22)7-5-14)8-9-18(19)25-21(27)15-3-2-10-23-13-15/h2-10,12-13H,11H2,1H3,(H,24,26)(H,25,27). The molecule has 0 saturated carbocycles. The number of hydrogen-bond donors (Lipinski definition) is 2. The maximum Gasteiger partial charge on any atom is 0.257 e. The van der Waals surface area contributed by atoms with Gasteiger partial charge in [-0.15, -0.1) is 0 Å². The minimum absolute atomic E-state index is 0.142. The van der Waals surface area contributed by atoms with Gasteiger partial charge in [-0.05, 0) is 42.0 Å². The van der Waals surface area contributed by atoms with Crippen molar-refractivity contribution in [3.63, 3.8) is 0 Å². The number of pyridine rings is 1. The van der Waals surface area contributed by atoms with Crippen molar-refractivity contribution in [2.24, 2.45) is 0 Å². The van der Waals surface area contributed by atoms with Gasteiger partial charge in [0.15, 0.2) is 0 Å². The van der Waals surface area contributed by atoms with E-state index in [-0.39, 0.29) is 18.2 Å². The summed E-state index contributed by atoms with van der Waals surface area (Å²) in [4.78, 5) is 28.5. The average molecular weight is 440 g/mol. The van der Waals surface area contributed by atoms with Crippen LogP contribution in [0.2, 0.25) is 0 Å². The molecule has 7 heteroatoms. The van der Waals surface area contributed by atoms with Gasteiger partial charge in [-0.25, -0.2) is 0 Å². The quantitative estimate of drug-likeness (QED) is 0.600. The van der Waals surface area contributed by atoms with Crippen LogP contribution in [0.3, 0.4) is 0 Å². The molecule has 28 heavy (non-hydrogen) atoms. The van der Waals surface area contributed by atoms with Gasteiger partial charge in [0, 0.05) is 28.6 Å². The first-order valence-electron chi connectivity index (χ1n) is 8.49. The molecule has 0 unspecified atom stereocenters. The van der Waals surface area contributed by atoms with E-state index in [1.807, 2.05) is 24.3 Å². The number of ether oxygens (including phenoxy) is 1. The fourth-order valence-corrected chi connectivity index (χ4v) is 2.82. The largest absolute Gasteiger partial charge is 0.494 e. The predicted molar refractivity (Wildman–Crippen MR) is 112 cm³/mol. The Morgan fingerprint density at radius 2 is 1.86 bits per heavy atom. The SMILES string of the molecule is COc1cc(NC(=O)Cc2ccc(Br)cc2)ccc1NC(=O)c1cccnc1. The zero-order valence-corrected chi connectivity index (χ0v) is 16.7. The molecule has 2 amide bonds. The Labute approximate surface area is 171 Å². The molecule has 0 radical (unpaired) electrons. The van der Waals surface area contributed by atoms with Crippen LogP contribution < -0.4 is 15.4 Å². The number of methoxy groups -OCH3 is 1. The van der Waals surface area contributed by atoms with Crippen LogP contribution in [0.15, 0.2) is 71.5 Å². The summed E-state index contributed by atoms with van der Waals surface area (Å²) in [6.45, 7) is 0. The summed E-state index contributed by atoms with van der Waals surface area (Å²) in [6, 6.07) is 16.0. The van der Waals surface area contributed by atoms with Crippen LogP contribution in [0.1, 0.15) is 15.9 Å². The molecule has 1 heterocycles. The minimum atomic E-state index is -0.293. The Bertz CT molecular complexity index is 976. The number of carbonyl (C=O) groups excluding carboxylic acids is 2. The normalized spacial score (nSPS) is 10.2. The van der Waals surface area contributed by atoms with Crippen molar-refractivity contribution < 1.29 is 14.3 Å². The zero-order valence-electron chi connectivity index (χ0n) is 15.1. The van der Waals surface area contributed by atoms with Crippen molar-refractivity contribution in [3.05, 3.63) is 82.6 Å². The number of benzene rings is 2. The van der Waals surface area contributed by atoms with E-state index >= 15 is 0 Å². The van der Waals surface area contributed by atoms with Crippen molar-refractivity contribution in [3.8, 4) is 5.75 Å². The van der Waals surface area contributed by atoms with Gasteiger partial charge in [0.25, 0.3) is 5.91 Å². The van der Waals surface area contributed by atoms with Gasteiger partial charge in [0.2, 0.25) is 5.91 Å². The van der Waals surface area contributed by atoms with Crippen LogP contribution >= 0.6 is 15.9 Å². The van der Waals surface area contributed by atoms with E-state index in [1.54, 1.807) is 36.5 Å². The van der Waals surface area contributed by atoms with Gasteiger partial charge in [0.1, 0.15) is 5.75 Å².